The third-order valence-corrected chi connectivity index (χ3v) is 5.33. The molecule has 0 saturated heterocycles. The van der Waals surface area contributed by atoms with Crippen LogP contribution in [0.15, 0.2) is 54.6 Å². The van der Waals surface area contributed by atoms with Gasteiger partial charge in [-0.05, 0) is 29.8 Å². The smallest absolute Gasteiger partial charge is 0.252 e. The predicted octanol–water partition coefficient (Wildman–Crippen LogP) is 4.47. The molecule has 1 aromatic heterocycles. The Hall–Kier alpha value is -2.74. The van der Waals surface area contributed by atoms with Crippen LogP contribution in [0.4, 0.5) is 5.13 Å². The Bertz CT molecular complexity index is 1050. The monoisotopic (exact) mass is 446 g/mol. The molecule has 0 atom stereocenters. The van der Waals surface area contributed by atoms with E-state index in [0.29, 0.717) is 38.7 Å². The van der Waals surface area contributed by atoms with Crippen LogP contribution in [0.25, 0.3) is 6.08 Å². The van der Waals surface area contributed by atoms with Crippen molar-refractivity contribution in [3.63, 3.8) is 0 Å². The maximum Gasteiger partial charge on any atom is 0.252 e. The van der Waals surface area contributed by atoms with Crippen LogP contribution < -0.4 is 10.6 Å². The van der Waals surface area contributed by atoms with Crippen molar-refractivity contribution < 1.29 is 9.59 Å². The molecule has 0 aliphatic heterocycles. The van der Waals surface area contributed by atoms with Gasteiger partial charge in [0.25, 0.3) is 5.91 Å². The molecule has 0 radical (unpaired) electrons. The largest absolute Gasteiger partial charge is 0.352 e. The second-order valence-corrected chi connectivity index (χ2v) is 7.71. The molecule has 29 heavy (non-hydrogen) atoms. The minimum atomic E-state index is -0.334. The average Bonchev–Trinajstić information content (AvgIpc) is 3.14. The fraction of sp³-hybridized carbons (Fsp3) is 0.100. The van der Waals surface area contributed by atoms with Crippen LogP contribution in [-0.2, 0) is 11.2 Å². The number of nitrogens with one attached hydrogen (secondary N) is 2. The lowest BCUT2D eigenvalue weighted by molar-refractivity contribution is -0.111. The Morgan fingerprint density at radius 1 is 1.00 bits per heavy atom. The Morgan fingerprint density at radius 3 is 2.48 bits per heavy atom. The highest BCUT2D eigenvalue weighted by atomic mass is 35.5. The van der Waals surface area contributed by atoms with E-state index in [2.05, 4.69) is 20.8 Å². The second kappa shape index (κ2) is 10.2. The topological polar surface area (TPSA) is 84.0 Å². The summed E-state index contributed by atoms with van der Waals surface area (Å²) in [6.45, 7) is 0.374. The van der Waals surface area contributed by atoms with Gasteiger partial charge in [0.2, 0.25) is 11.0 Å². The van der Waals surface area contributed by atoms with Crippen molar-refractivity contribution in [1.29, 1.82) is 0 Å². The Morgan fingerprint density at radius 2 is 1.72 bits per heavy atom. The van der Waals surface area contributed by atoms with Gasteiger partial charge in [-0.15, -0.1) is 10.2 Å². The fourth-order valence-electron chi connectivity index (χ4n) is 2.35. The lowest BCUT2D eigenvalue weighted by Crippen LogP contribution is -2.25. The van der Waals surface area contributed by atoms with E-state index in [4.69, 9.17) is 23.2 Å². The maximum absolute atomic E-state index is 12.1. The molecule has 0 aliphatic carbocycles. The van der Waals surface area contributed by atoms with Gasteiger partial charge in [0, 0.05) is 24.1 Å². The molecule has 2 aromatic carbocycles. The van der Waals surface area contributed by atoms with Gasteiger partial charge < -0.3 is 5.32 Å². The number of halogens is 2. The first-order valence-electron chi connectivity index (χ1n) is 8.61. The molecule has 0 fully saturated rings. The van der Waals surface area contributed by atoms with E-state index in [0.717, 1.165) is 5.56 Å². The SMILES string of the molecule is O=C(/C=C/c1ccccc1Cl)Nc1nnc(CCNC(=O)c2ccccc2Cl)s1. The van der Waals surface area contributed by atoms with Crippen molar-refractivity contribution in [2.75, 3.05) is 11.9 Å². The zero-order valence-corrected chi connectivity index (χ0v) is 17.4. The highest BCUT2D eigenvalue weighted by Gasteiger charge is 2.10. The molecular formula is C20H16Cl2N4O2S. The zero-order valence-electron chi connectivity index (χ0n) is 15.1. The van der Waals surface area contributed by atoms with Gasteiger partial charge in [-0.3, -0.25) is 14.9 Å². The van der Waals surface area contributed by atoms with Gasteiger partial charge in [0.1, 0.15) is 5.01 Å². The van der Waals surface area contributed by atoms with E-state index < -0.39 is 0 Å². The summed E-state index contributed by atoms with van der Waals surface area (Å²) in [4.78, 5) is 24.1. The molecular weight excluding hydrogens is 431 g/mol. The van der Waals surface area contributed by atoms with E-state index in [9.17, 15) is 9.59 Å². The van der Waals surface area contributed by atoms with Gasteiger partial charge in [-0.1, -0.05) is 64.9 Å². The number of nitrogens with zero attached hydrogens (tertiary/aromatic N) is 2. The van der Waals surface area contributed by atoms with Crippen molar-refractivity contribution in [2.45, 2.75) is 6.42 Å². The van der Waals surface area contributed by atoms with Crippen LogP contribution in [0.1, 0.15) is 20.9 Å². The van der Waals surface area contributed by atoms with Gasteiger partial charge in [-0.25, -0.2) is 0 Å². The van der Waals surface area contributed by atoms with Gasteiger partial charge in [0.15, 0.2) is 0 Å². The summed E-state index contributed by atoms with van der Waals surface area (Å²) in [7, 11) is 0. The molecule has 6 nitrogen and oxygen atoms in total. The number of anilines is 1. The molecule has 0 spiro atoms. The number of carbonyl (C=O) groups is 2. The standard InChI is InChI=1S/C20H16Cl2N4O2S/c21-15-7-3-1-5-13(15)9-10-17(27)24-20-26-25-18(29-20)11-12-23-19(28)14-6-2-4-8-16(14)22/h1-10H,11-12H2,(H,23,28)(H,24,26,27)/b10-9+. The van der Waals surface area contributed by atoms with E-state index >= 15 is 0 Å². The summed E-state index contributed by atoms with van der Waals surface area (Å²) in [5, 5.41) is 15.4. The normalized spacial score (nSPS) is 10.8. The zero-order chi connectivity index (χ0) is 20.6. The van der Waals surface area contributed by atoms with Crippen molar-refractivity contribution in [1.82, 2.24) is 15.5 Å². The van der Waals surface area contributed by atoms with Crippen LogP contribution in [0.5, 0.6) is 0 Å². The van der Waals surface area contributed by atoms with E-state index in [-0.39, 0.29) is 11.8 Å². The fourth-order valence-corrected chi connectivity index (χ4v) is 3.51. The predicted molar refractivity (Wildman–Crippen MR) is 117 cm³/mol. The molecule has 0 saturated carbocycles. The van der Waals surface area contributed by atoms with Crippen molar-refractivity contribution in [3.8, 4) is 0 Å². The maximum atomic E-state index is 12.1. The van der Waals surface area contributed by atoms with Crippen LogP contribution in [0.3, 0.4) is 0 Å². The highest BCUT2D eigenvalue weighted by molar-refractivity contribution is 7.15. The summed E-state index contributed by atoms with van der Waals surface area (Å²) >= 11 is 13.3. The van der Waals surface area contributed by atoms with E-state index in [1.807, 2.05) is 18.2 Å². The lowest BCUT2D eigenvalue weighted by Gasteiger charge is -2.05. The minimum absolute atomic E-state index is 0.252. The number of carbonyl (C=O) groups excluding carboxylic acids is 2. The first kappa shape index (κ1) is 21.0. The first-order valence-corrected chi connectivity index (χ1v) is 10.2. The molecule has 9 heteroatoms. The lowest BCUT2D eigenvalue weighted by atomic mass is 10.2. The quantitative estimate of drug-likeness (QED) is 0.524. The summed E-state index contributed by atoms with van der Waals surface area (Å²) in [5.41, 5.74) is 1.17. The van der Waals surface area contributed by atoms with Crippen LogP contribution in [0.2, 0.25) is 10.0 Å². The molecule has 1 heterocycles. The average molecular weight is 447 g/mol. The molecule has 3 aromatic rings. The third kappa shape index (κ3) is 6.12. The molecule has 0 unspecified atom stereocenters. The second-order valence-electron chi connectivity index (χ2n) is 5.83. The Kier molecular flexibility index (Phi) is 7.35. The van der Waals surface area contributed by atoms with Gasteiger partial charge in [0.05, 0.1) is 10.6 Å². The third-order valence-electron chi connectivity index (χ3n) is 3.76. The summed E-state index contributed by atoms with van der Waals surface area (Å²) < 4.78 is 0. The van der Waals surface area contributed by atoms with Crippen molar-refractivity contribution in [3.05, 3.63) is 80.8 Å². The van der Waals surface area contributed by atoms with Crippen LogP contribution in [-0.4, -0.2) is 28.6 Å². The van der Waals surface area contributed by atoms with Crippen LogP contribution in [0, 0.1) is 0 Å². The number of amides is 2. The number of aromatic nitrogens is 2. The minimum Gasteiger partial charge on any atom is -0.352 e. The number of benzene rings is 2. The first-order chi connectivity index (χ1) is 14.0. The Labute approximate surface area is 181 Å². The van der Waals surface area contributed by atoms with E-state index in [1.54, 1.807) is 36.4 Å². The molecule has 148 valence electrons. The van der Waals surface area contributed by atoms with Gasteiger partial charge >= 0.3 is 0 Å². The van der Waals surface area contributed by atoms with Gasteiger partial charge in [-0.2, -0.15) is 0 Å². The molecule has 2 amide bonds. The van der Waals surface area contributed by atoms with Crippen molar-refractivity contribution in [2.24, 2.45) is 0 Å². The summed E-state index contributed by atoms with van der Waals surface area (Å²) in [6, 6.07) is 14.1. The highest BCUT2D eigenvalue weighted by Crippen LogP contribution is 2.18. The van der Waals surface area contributed by atoms with Crippen LogP contribution >= 0.6 is 34.5 Å². The number of hydrogen-bond donors (Lipinski definition) is 2. The van der Waals surface area contributed by atoms with E-state index in [1.165, 1.54) is 17.4 Å². The summed E-state index contributed by atoms with van der Waals surface area (Å²) in [6.07, 6.45) is 3.50. The molecule has 0 aliphatic rings. The summed E-state index contributed by atoms with van der Waals surface area (Å²) in [5.74, 6) is -0.585. The number of hydrogen-bond acceptors (Lipinski definition) is 5. The molecule has 2 N–H and O–H groups in total. The number of rotatable bonds is 7. The van der Waals surface area contributed by atoms with Crippen molar-refractivity contribution >= 4 is 57.6 Å². The molecule has 0 bridgehead atoms. The Balaban J connectivity index is 1.48. The molecule has 3 rings (SSSR count).